The summed E-state index contributed by atoms with van der Waals surface area (Å²) < 4.78 is 7.34. The molecule has 2 nitrogen and oxygen atoms in total. The fourth-order valence-corrected chi connectivity index (χ4v) is 2.66. The molecule has 1 unspecified atom stereocenters. The summed E-state index contributed by atoms with van der Waals surface area (Å²) in [7, 11) is 1.65. The number of methoxy groups -OCH3 is 1. The van der Waals surface area contributed by atoms with Gasteiger partial charge in [0.1, 0.15) is 5.75 Å². The molecule has 0 aromatic heterocycles. The van der Waals surface area contributed by atoms with Gasteiger partial charge in [0.2, 0.25) is 0 Å². The van der Waals surface area contributed by atoms with Gasteiger partial charge in [-0.15, -0.1) is 0 Å². The van der Waals surface area contributed by atoms with Gasteiger partial charge >= 0.3 is 0 Å². The highest BCUT2D eigenvalue weighted by Gasteiger charge is 2.10. The Labute approximate surface area is 129 Å². The Morgan fingerprint density at radius 3 is 2.28 bits per heavy atom. The minimum absolute atomic E-state index is 0.121. The van der Waals surface area contributed by atoms with Gasteiger partial charge in [-0.25, -0.2) is 0 Å². The van der Waals surface area contributed by atoms with Crippen LogP contribution in [0.2, 0.25) is 0 Å². The molecule has 2 aromatic carbocycles. The lowest BCUT2D eigenvalue weighted by atomic mass is 10.00. The number of nitrogens with two attached hydrogens (primary N) is 1. The first-order valence-electron chi connectivity index (χ1n) is 5.46. The number of hydrogen-bond donors (Lipinski definition) is 1. The minimum atomic E-state index is -0.121. The molecule has 0 saturated heterocycles. The first-order chi connectivity index (χ1) is 8.61. The van der Waals surface area contributed by atoms with Crippen molar-refractivity contribution in [3.05, 3.63) is 61.6 Å². The van der Waals surface area contributed by atoms with Gasteiger partial charge in [0, 0.05) is 3.57 Å². The van der Waals surface area contributed by atoms with Crippen LogP contribution in [-0.2, 0) is 0 Å². The van der Waals surface area contributed by atoms with Crippen LogP contribution in [0.1, 0.15) is 17.2 Å². The molecule has 2 N–H and O–H groups in total. The predicted octanol–water partition coefficient (Wildman–Crippen LogP) is 4.11. The van der Waals surface area contributed by atoms with Crippen LogP contribution in [0.3, 0.4) is 0 Å². The van der Waals surface area contributed by atoms with E-state index < -0.39 is 0 Å². The molecule has 0 radical (unpaired) electrons. The predicted molar refractivity (Wildman–Crippen MR) is 85.9 cm³/mol. The van der Waals surface area contributed by atoms with Crippen LogP contribution >= 0.6 is 38.5 Å². The van der Waals surface area contributed by atoms with Crippen molar-refractivity contribution in [2.75, 3.05) is 7.11 Å². The minimum Gasteiger partial charge on any atom is -0.496 e. The molecule has 94 valence electrons. The second kappa shape index (κ2) is 6.04. The third-order valence-electron chi connectivity index (χ3n) is 2.76. The van der Waals surface area contributed by atoms with Crippen LogP contribution in [-0.4, -0.2) is 7.11 Å². The summed E-state index contributed by atoms with van der Waals surface area (Å²) in [6.07, 6.45) is 0. The van der Waals surface area contributed by atoms with E-state index in [-0.39, 0.29) is 6.04 Å². The smallest absolute Gasteiger partial charge is 0.133 e. The second-order valence-electron chi connectivity index (χ2n) is 3.92. The highest BCUT2D eigenvalue weighted by atomic mass is 127. The van der Waals surface area contributed by atoms with Crippen molar-refractivity contribution < 1.29 is 4.74 Å². The number of rotatable bonds is 3. The number of halogens is 2. The van der Waals surface area contributed by atoms with Crippen molar-refractivity contribution in [1.82, 2.24) is 0 Å². The van der Waals surface area contributed by atoms with E-state index in [1.54, 1.807) is 7.11 Å². The van der Waals surface area contributed by atoms with E-state index in [1.165, 1.54) is 3.57 Å². The van der Waals surface area contributed by atoms with Crippen LogP contribution in [0, 0.1) is 3.57 Å². The van der Waals surface area contributed by atoms with Gasteiger partial charge in [-0.1, -0.05) is 18.2 Å². The van der Waals surface area contributed by atoms with E-state index in [4.69, 9.17) is 10.5 Å². The molecule has 0 heterocycles. The lowest BCUT2D eigenvalue weighted by Crippen LogP contribution is -2.11. The Morgan fingerprint density at radius 1 is 1.11 bits per heavy atom. The zero-order valence-corrected chi connectivity index (χ0v) is 13.6. The average Bonchev–Trinajstić information content (AvgIpc) is 2.38. The SMILES string of the molecule is COc1ccc(C(N)c2ccc(I)cc2)cc1Br. The number of benzene rings is 2. The molecule has 0 spiro atoms. The maximum Gasteiger partial charge on any atom is 0.133 e. The zero-order valence-electron chi connectivity index (χ0n) is 9.86. The standard InChI is InChI=1S/C14H13BrINO/c1-18-13-7-4-10(8-12(13)15)14(17)9-2-5-11(16)6-3-9/h2-8,14H,17H2,1H3. The van der Waals surface area contributed by atoms with Crippen molar-refractivity contribution in [3.63, 3.8) is 0 Å². The highest BCUT2D eigenvalue weighted by Crippen LogP contribution is 2.29. The summed E-state index contributed by atoms with van der Waals surface area (Å²) in [5.74, 6) is 0.813. The molecule has 1 atom stereocenters. The van der Waals surface area contributed by atoms with E-state index in [0.29, 0.717) is 0 Å². The van der Waals surface area contributed by atoms with Gasteiger partial charge in [0.15, 0.2) is 0 Å². The molecule has 0 aliphatic carbocycles. The van der Waals surface area contributed by atoms with Crippen molar-refractivity contribution >= 4 is 38.5 Å². The summed E-state index contributed by atoms with van der Waals surface area (Å²) in [6.45, 7) is 0. The van der Waals surface area contributed by atoms with Crippen molar-refractivity contribution in [2.45, 2.75) is 6.04 Å². The molecule has 2 aromatic rings. The quantitative estimate of drug-likeness (QED) is 0.762. The van der Waals surface area contributed by atoms with E-state index in [0.717, 1.165) is 21.3 Å². The molecular weight excluding hydrogens is 405 g/mol. The molecule has 2 rings (SSSR count). The van der Waals surface area contributed by atoms with Crippen molar-refractivity contribution in [1.29, 1.82) is 0 Å². The van der Waals surface area contributed by atoms with Crippen molar-refractivity contribution in [3.8, 4) is 5.75 Å². The monoisotopic (exact) mass is 417 g/mol. The Bertz CT molecular complexity index is 542. The number of ether oxygens (including phenoxy) is 1. The van der Waals surface area contributed by atoms with Crippen LogP contribution < -0.4 is 10.5 Å². The van der Waals surface area contributed by atoms with Gasteiger partial charge in [0.25, 0.3) is 0 Å². The van der Waals surface area contributed by atoms with Gasteiger partial charge < -0.3 is 10.5 Å². The molecule has 0 amide bonds. The van der Waals surface area contributed by atoms with Crippen LogP contribution in [0.25, 0.3) is 0 Å². The Kier molecular flexibility index (Phi) is 4.64. The molecule has 4 heteroatoms. The number of hydrogen-bond acceptors (Lipinski definition) is 2. The molecule has 0 aliphatic heterocycles. The van der Waals surface area contributed by atoms with E-state index in [1.807, 2.05) is 18.2 Å². The summed E-state index contributed by atoms with van der Waals surface area (Å²) in [5.41, 5.74) is 8.43. The molecule has 0 saturated carbocycles. The normalized spacial score (nSPS) is 12.2. The van der Waals surface area contributed by atoms with Crippen LogP contribution in [0.5, 0.6) is 5.75 Å². The Balaban J connectivity index is 2.31. The summed E-state index contributed by atoms with van der Waals surface area (Å²) >= 11 is 5.76. The fourth-order valence-electron chi connectivity index (χ4n) is 1.74. The Morgan fingerprint density at radius 2 is 1.72 bits per heavy atom. The molecule has 0 bridgehead atoms. The first-order valence-corrected chi connectivity index (χ1v) is 7.33. The lowest BCUT2D eigenvalue weighted by molar-refractivity contribution is 0.412. The van der Waals surface area contributed by atoms with E-state index >= 15 is 0 Å². The summed E-state index contributed by atoms with van der Waals surface area (Å²) in [4.78, 5) is 0. The maximum absolute atomic E-state index is 6.26. The van der Waals surface area contributed by atoms with Crippen LogP contribution in [0.15, 0.2) is 46.9 Å². The van der Waals surface area contributed by atoms with E-state index in [2.05, 4.69) is 62.8 Å². The third-order valence-corrected chi connectivity index (χ3v) is 4.10. The first kappa shape index (κ1) is 13.8. The molecule has 0 fully saturated rings. The third kappa shape index (κ3) is 3.05. The Hall–Kier alpha value is -0.590. The summed E-state index contributed by atoms with van der Waals surface area (Å²) in [5, 5.41) is 0. The summed E-state index contributed by atoms with van der Waals surface area (Å²) in [6, 6.07) is 14.0. The van der Waals surface area contributed by atoms with Gasteiger partial charge in [-0.2, -0.15) is 0 Å². The molecule has 0 aliphatic rings. The highest BCUT2D eigenvalue weighted by molar-refractivity contribution is 14.1. The topological polar surface area (TPSA) is 35.2 Å². The second-order valence-corrected chi connectivity index (χ2v) is 6.02. The van der Waals surface area contributed by atoms with Gasteiger partial charge in [-0.3, -0.25) is 0 Å². The van der Waals surface area contributed by atoms with Gasteiger partial charge in [0.05, 0.1) is 17.6 Å². The maximum atomic E-state index is 6.26. The van der Waals surface area contributed by atoms with Crippen molar-refractivity contribution in [2.24, 2.45) is 5.73 Å². The lowest BCUT2D eigenvalue weighted by Gasteiger charge is -2.14. The zero-order chi connectivity index (χ0) is 13.1. The molecular formula is C14H13BrINO. The fraction of sp³-hybridized carbons (Fsp3) is 0.143. The average molecular weight is 418 g/mol. The van der Waals surface area contributed by atoms with E-state index in [9.17, 15) is 0 Å². The molecule has 18 heavy (non-hydrogen) atoms. The van der Waals surface area contributed by atoms with Gasteiger partial charge in [-0.05, 0) is 73.9 Å². The van der Waals surface area contributed by atoms with Crippen LogP contribution in [0.4, 0.5) is 0 Å². The largest absolute Gasteiger partial charge is 0.496 e.